The van der Waals surface area contributed by atoms with E-state index in [0.717, 1.165) is 37.6 Å². The molecule has 4 amide bonds. The number of fused-ring (bicyclic) bond motifs is 1. The second-order valence-corrected chi connectivity index (χ2v) is 9.56. The highest BCUT2D eigenvalue weighted by Gasteiger charge is 2.33. The van der Waals surface area contributed by atoms with Crippen molar-refractivity contribution in [3.8, 4) is 0 Å². The largest absolute Gasteiger partial charge is 0.329 e. The molecule has 166 valence electrons. The van der Waals surface area contributed by atoms with Crippen LogP contribution in [0.1, 0.15) is 35.3 Å². The van der Waals surface area contributed by atoms with Crippen molar-refractivity contribution in [3.05, 3.63) is 80.7 Å². The van der Waals surface area contributed by atoms with E-state index in [0.29, 0.717) is 11.1 Å². The van der Waals surface area contributed by atoms with Crippen molar-refractivity contribution in [1.29, 1.82) is 0 Å². The van der Waals surface area contributed by atoms with E-state index in [-0.39, 0.29) is 17.8 Å². The molecular formula is C23H22FN3O3S2. The van der Waals surface area contributed by atoms with Gasteiger partial charge in [0.1, 0.15) is 5.82 Å². The highest BCUT2D eigenvalue weighted by molar-refractivity contribution is 8.23. The normalized spacial score (nSPS) is 13.6. The summed E-state index contributed by atoms with van der Waals surface area (Å²) in [6, 6.07) is 8.49. The van der Waals surface area contributed by atoms with Crippen LogP contribution in [0.25, 0.3) is 0 Å². The van der Waals surface area contributed by atoms with Crippen LogP contribution in [-0.4, -0.2) is 17.8 Å². The zero-order chi connectivity index (χ0) is 23.4. The number of allylic oxidation sites excluding steroid dienone is 2. The van der Waals surface area contributed by atoms with Crippen molar-refractivity contribution in [2.24, 2.45) is 0 Å². The van der Waals surface area contributed by atoms with E-state index >= 15 is 0 Å². The third-order valence-corrected chi connectivity index (χ3v) is 6.50. The summed E-state index contributed by atoms with van der Waals surface area (Å²) >= 11 is 2.53. The summed E-state index contributed by atoms with van der Waals surface area (Å²) in [5.41, 5.74) is 1.98. The van der Waals surface area contributed by atoms with E-state index in [1.165, 1.54) is 23.9 Å². The monoisotopic (exact) mass is 471 g/mol. The van der Waals surface area contributed by atoms with Crippen LogP contribution in [0.4, 0.5) is 20.6 Å². The van der Waals surface area contributed by atoms with Gasteiger partial charge in [0.15, 0.2) is 0 Å². The number of thioether (sulfide) groups is 1. The van der Waals surface area contributed by atoms with E-state index in [9.17, 15) is 18.8 Å². The Bertz CT molecular complexity index is 1150. The summed E-state index contributed by atoms with van der Waals surface area (Å²) in [4.78, 5) is 39.3. The molecule has 0 radical (unpaired) electrons. The summed E-state index contributed by atoms with van der Waals surface area (Å²) in [5, 5.41) is 2.53. The van der Waals surface area contributed by atoms with E-state index in [1.807, 2.05) is 26.8 Å². The molecular weight excluding hydrogens is 449 g/mol. The molecule has 0 bridgehead atoms. The molecule has 9 heteroatoms. The third-order valence-electron chi connectivity index (χ3n) is 4.49. The second kappa shape index (κ2) is 10.1. The van der Waals surface area contributed by atoms with Gasteiger partial charge in [-0.2, -0.15) is 0 Å². The molecule has 6 nitrogen and oxygen atoms in total. The summed E-state index contributed by atoms with van der Waals surface area (Å²) in [5.74, 6) is -1.87. The Morgan fingerprint density at radius 2 is 1.97 bits per heavy atom. The Hall–Kier alpha value is -3.04. The van der Waals surface area contributed by atoms with Gasteiger partial charge in [0.25, 0.3) is 5.91 Å². The molecule has 0 aliphatic carbocycles. The fourth-order valence-electron chi connectivity index (χ4n) is 3.13. The van der Waals surface area contributed by atoms with Crippen LogP contribution in [0.5, 0.6) is 0 Å². The fraction of sp³-hybridized carbons (Fsp3) is 0.174. The topological polar surface area (TPSA) is 78.5 Å². The first kappa shape index (κ1) is 23.6. The van der Waals surface area contributed by atoms with Crippen LogP contribution in [0.3, 0.4) is 0 Å². The predicted octanol–water partition coefficient (Wildman–Crippen LogP) is 5.76. The average Bonchev–Trinajstić information content (AvgIpc) is 2.72. The predicted molar refractivity (Wildman–Crippen MR) is 129 cm³/mol. The van der Waals surface area contributed by atoms with Crippen molar-refractivity contribution in [2.75, 3.05) is 10.2 Å². The lowest BCUT2D eigenvalue weighted by atomic mass is 9.96. The fourth-order valence-corrected chi connectivity index (χ4v) is 4.67. The highest BCUT2D eigenvalue weighted by atomic mass is 32.2. The Labute approximate surface area is 194 Å². The highest BCUT2D eigenvalue weighted by Crippen LogP contribution is 2.32. The molecule has 2 aromatic rings. The number of carbonyl (C=O) groups is 3. The number of amides is 4. The zero-order valence-corrected chi connectivity index (χ0v) is 19.5. The lowest BCUT2D eigenvalue weighted by Crippen LogP contribution is -2.43. The minimum Gasteiger partial charge on any atom is -0.307 e. The minimum atomic E-state index is -0.792. The van der Waals surface area contributed by atoms with Gasteiger partial charge in [-0.15, -0.1) is 0 Å². The molecule has 0 fully saturated rings. The molecule has 1 aliphatic heterocycles. The van der Waals surface area contributed by atoms with Gasteiger partial charge < -0.3 is 5.32 Å². The summed E-state index contributed by atoms with van der Waals surface area (Å²) in [7, 11) is 0. The van der Waals surface area contributed by atoms with Crippen molar-refractivity contribution in [2.45, 2.75) is 27.2 Å². The Balaban J connectivity index is 1.72. The molecule has 0 saturated heterocycles. The average molecular weight is 472 g/mol. The van der Waals surface area contributed by atoms with Gasteiger partial charge >= 0.3 is 6.03 Å². The maximum Gasteiger partial charge on any atom is 0.329 e. The first-order chi connectivity index (χ1) is 15.2. The second-order valence-electron chi connectivity index (χ2n) is 7.11. The number of carbonyl (C=O) groups excluding carboxylic acids is 3. The number of anilines is 2. The van der Waals surface area contributed by atoms with E-state index in [1.54, 1.807) is 18.2 Å². The minimum absolute atomic E-state index is 0.0112. The van der Waals surface area contributed by atoms with Gasteiger partial charge in [-0.3, -0.25) is 14.3 Å². The molecule has 2 aromatic carbocycles. The number of halogens is 1. The van der Waals surface area contributed by atoms with Crippen molar-refractivity contribution < 1.29 is 18.8 Å². The molecule has 0 saturated carbocycles. The number of benzene rings is 2. The van der Waals surface area contributed by atoms with Crippen molar-refractivity contribution in [3.63, 3.8) is 0 Å². The molecule has 3 rings (SSSR count). The Morgan fingerprint density at radius 1 is 1.22 bits per heavy atom. The number of urea groups is 1. The van der Waals surface area contributed by atoms with Crippen molar-refractivity contribution >= 4 is 52.9 Å². The van der Waals surface area contributed by atoms with E-state index in [2.05, 4.69) is 16.6 Å². The maximum absolute atomic E-state index is 14.8. The Kier molecular flexibility index (Phi) is 7.42. The number of nitrogens with one attached hydrogen (secondary N) is 2. The first-order valence-electron chi connectivity index (χ1n) is 9.69. The zero-order valence-electron chi connectivity index (χ0n) is 17.8. The van der Waals surface area contributed by atoms with E-state index < -0.39 is 23.7 Å². The van der Waals surface area contributed by atoms with E-state index in [4.69, 9.17) is 0 Å². The molecule has 2 N–H and O–H groups in total. The number of nitrogens with zero attached hydrogens (tertiary/aromatic N) is 1. The van der Waals surface area contributed by atoms with Crippen LogP contribution >= 0.6 is 23.7 Å². The van der Waals surface area contributed by atoms with Gasteiger partial charge in [-0.05, 0) is 67.5 Å². The van der Waals surface area contributed by atoms with Crippen LogP contribution in [-0.2, 0) is 11.2 Å². The maximum atomic E-state index is 14.8. The van der Waals surface area contributed by atoms with Gasteiger partial charge in [-0.1, -0.05) is 42.1 Å². The number of aryl methyl sites for hydroxylation is 1. The van der Waals surface area contributed by atoms with Crippen LogP contribution in [0.2, 0.25) is 0 Å². The van der Waals surface area contributed by atoms with Gasteiger partial charge in [0.2, 0.25) is 5.91 Å². The number of imide groups is 1. The summed E-state index contributed by atoms with van der Waals surface area (Å²) in [6.45, 7) is 9.38. The SMILES string of the molecule is C=C(C)S/C(=C\C)SNC(=O)Nc1ccc(N2C(=O)Cc3cc(C)ccc3C2=O)c(F)c1. The number of rotatable bonds is 6. The van der Waals surface area contributed by atoms with Gasteiger partial charge in [0.05, 0.1) is 16.3 Å². The van der Waals surface area contributed by atoms with Crippen LogP contribution < -0.4 is 14.9 Å². The molecule has 32 heavy (non-hydrogen) atoms. The molecule has 0 aromatic heterocycles. The molecule has 0 atom stereocenters. The molecule has 1 heterocycles. The smallest absolute Gasteiger partial charge is 0.307 e. The lowest BCUT2D eigenvalue weighted by Gasteiger charge is -2.27. The standard InChI is InChI=1S/C23H22FN3O3S2/c1-5-21(31-13(2)3)32-26-23(30)25-16-7-9-19(18(24)12-16)27-20(28)11-15-10-14(4)6-8-17(15)22(27)29/h5-10,12H,2,11H2,1,3-4H3,(H2,25,26,30)/b21-5+. The molecule has 0 spiro atoms. The van der Waals surface area contributed by atoms with Crippen LogP contribution in [0.15, 0.2) is 58.2 Å². The first-order valence-corrected chi connectivity index (χ1v) is 11.3. The van der Waals surface area contributed by atoms with Crippen molar-refractivity contribution in [1.82, 2.24) is 4.72 Å². The van der Waals surface area contributed by atoms with Gasteiger partial charge in [0, 0.05) is 11.3 Å². The van der Waals surface area contributed by atoms with Crippen LogP contribution in [0, 0.1) is 12.7 Å². The van der Waals surface area contributed by atoms with Gasteiger partial charge in [-0.25, -0.2) is 14.1 Å². The molecule has 1 aliphatic rings. The summed E-state index contributed by atoms with van der Waals surface area (Å²) in [6.07, 6.45) is 1.85. The Morgan fingerprint density at radius 3 is 2.62 bits per heavy atom. The molecule has 0 unspecified atom stereocenters. The number of hydrogen-bond donors (Lipinski definition) is 2. The lowest BCUT2D eigenvalue weighted by molar-refractivity contribution is -0.117. The number of hydrogen-bond acceptors (Lipinski definition) is 5. The quantitative estimate of drug-likeness (QED) is 0.414. The third kappa shape index (κ3) is 5.41. The summed E-state index contributed by atoms with van der Waals surface area (Å²) < 4.78 is 18.3.